The summed E-state index contributed by atoms with van der Waals surface area (Å²) in [5.41, 5.74) is 1.44. The van der Waals surface area contributed by atoms with E-state index in [1.807, 2.05) is 6.92 Å². The van der Waals surface area contributed by atoms with Crippen molar-refractivity contribution in [2.45, 2.75) is 70.6 Å². The zero-order chi connectivity index (χ0) is 30.2. The van der Waals surface area contributed by atoms with Crippen LogP contribution < -0.4 is 20.7 Å². The van der Waals surface area contributed by atoms with E-state index in [4.69, 9.17) is 4.74 Å². The van der Waals surface area contributed by atoms with E-state index in [1.165, 1.54) is 30.7 Å². The molecule has 3 atom stereocenters. The molecule has 11 heteroatoms. The number of ether oxygens (including phenoxy) is 1. The maximum absolute atomic E-state index is 13.4. The van der Waals surface area contributed by atoms with Gasteiger partial charge in [-0.1, -0.05) is 26.2 Å². The summed E-state index contributed by atoms with van der Waals surface area (Å²) < 4.78 is 19.7. The van der Waals surface area contributed by atoms with Crippen LogP contribution in [0.4, 0.5) is 25.4 Å². The fraction of sp³-hybridized carbons (Fsp3) is 0.516. The molecule has 1 saturated carbocycles. The number of carbonyl (C=O) groups excluding carboxylic acids is 3. The highest BCUT2D eigenvalue weighted by Gasteiger charge is 2.32. The summed E-state index contributed by atoms with van der Waals surface area (Å²) in [5.74, 6) is -0.246. The molecule has 1 aliphatic carbocycles. The van der Waals surface area contributed by atoms with Crippen molar-refractivity contribution in [1.82, 2.24) is 15.1 Å². The first-order chi connectivity index (χ1) is 20.1. The molecule has 42 heavy (non-hydrogen) atoms. The number of rotatable bonds is 7. The van der Waals surface area contributed by atoms with Gasteiger partial charge in [0.1, 0.15) is 17.7 Å². The van der Waals surface area contributed by atoms with Crippen LogP contribution in [0, 0.1) is 11.7 Å². The largest absolute Gasteiger partial charge is 0.488 e. The number of aliphatic hydroxyl groups excluding tert-OH is 1. The Labute approximate surface area is 246 Å². The van der Waals surface area contributed by atoms with Gasteiger partial charge in [0, 0.05) is 42.5 Å². The minimum Gasteiger partial charge on any atom is -0.488 e. The number of nitrogens with one attached hydrogen (secondary N) is 3. The molecular formula is C31H42FN5O5. The third-order valence-corrected chi connectivity index (χ3v) is 8.01. The minimum absolute atomic E-state index is 0.00617. The molecule has 0 aromatic heterocycles. The molecule has 1 heterocycles. The summed E-state index contributed by atoms with van der Waals surface area (Å²) >= 11 is 0. The number of hydrogen-bond donors (Lipinski definition) is 4. The quantitative estimate of drug-likeness (QED) is 0.380. The predicted molar refractivity (Wildman–Crippen MR) is 159 cm³/mol. The molecule has 4 rings (SSSR count). The second-order valence-corrected chi connectivity index (χ2v) is 11.5. The number of urea groups is 2. The van der Waals surface area contributed by atoms with Crippen LogP contribution in [0.5, 0.6) is 5.75 Å². The summed E-state index contributed by atoms with van der Waals surface area (Å²) in [6, 6.07) is 9.59. The number of amides is 5. The first kappa shape index (κ1) is 31.1. The zero-order valence-electron chi connectivity index (χ0n) is 24.6. The van der Waals surface area contributed by atoms with Gasteiger partial charge in [0.05, 0.1) is 25.6 Å². The Morgan fingerprint density at radius 2 is 1.76 bits per heavy atom. The lowest BCUT2D eigenvalue weighted by atomic mass is 9.96. The molecule has 0 saturated heterocycles. The predicted octanol–water partition coefficient (Wildman–Crippen LogP) is 4.59. The number of fused-ring (bicyclic) bond motifs is 1. The molecule has 2 aromatic rings. The Morgan fingerprint density at radius 3 is 2.45 bits per heavy atom. The van der Waals surface area contributed by atoms with Crippen LogP contribution >= 0.6 is 0 Å². The Kier molecular flexibility index (Phi) is 10.6. The monoisotopic (exact) mass is 583 g/mol. The number of nitrogens with zero attached hydrogens (tertiary/aromatic N) is 2. The Bertz CT molecular complexity index is 1240. The highest BCUT2D eigenvalue weighted by molar-refractivity contribution is 6.00. The molecule has 228 valence electrons. The van der Waals surface area contributed by atoms with Gasteiger partial charge in [0.15, 0.2) is 0 Å². The van der Waals surface area contributed by atoms with Crippen molar-refractivity contribution in [1.29, 1.82) is 0 Å². The average molecular weight is 584 g/mol. The van der Waals surface area contributed by atoms with Crippen molar-refractivity contribution in [3.63, 3.8) is 0 Å². The van der Waals surface area contributed by atoms with Crippen LogP contribution in [-0.4, -0.2) is 77.8 Å². The van der Waals surface area contributed by atoms with Crippen molar-refractivity contribution in [3.05, 3.63) is 53.8 Å². The molecule has 0 spiro atoms. The molecule has 2 aliphatic rings. The van der Waals surface area contributed by atoms with Crippen LogP contribution in [0.3, 0.4) is 0 Å². The Hall–Kier alpha value is -3.86. The lowest BCUT2D eigenvalue weighted by Crippen LogP contribution is -2.50. The molecule has 0 radical (unpaired) electrons. The molecule has 4 N–H and O–H groups in total. The first-order valence-corrected chi connectivity index (χ1v) is 14.7. The van der Waals surface area contributed by atoms with E-state index in [-0.39, 0.29) is 36.9 Å². The standard InChI is InChI=1S/C31H42FN5O5/c1-20-17-37(21(2)19-38)29(39)16-22-15-26(34-30(40)33-25-11-9-23(32)10-12-25)13-14-27(22)42-28(20)18-36(3)31(41)35-24-7-5-4-6-8-24/h9-15,20-21,24,28,38H,4-8,16-19H2,1-3H3,(H,35,41)(H2,33,34,40)/t20-,21-,28-/m0/s1. The zero-order valence-corrected chi connectivity index (χ0v) is 24.6. The van der Waals surface area contributed by atoms with E-state index in [9.17, 15) is 23.9 Å². The molecule has 0 bridgehead atoms. The van der Waals surface area contributed by atoms with Crippen molar-refractivity contribution >= 4 is 29.3 Å². The van der Waals surface area contributed by atoms with Gasteiger partial charge in [-0.2, -0.15) is 0 Å². The second-order valence-electron chi connectivity index (χ2n) is 11.5. The smallest absolute Gasteiger partial charge is 0.323 e. The lowest BCUT2D eigenvalue weighted by Gasteiger charge is -2.34. The van der Waals surface area contributed by atoms with Crippen molar-refractivity contribution < 1.29 is 28.6 Å². The number of benzene rings is 2. The first-order valence-electron chi connectivity index (χ1n) is 14.7. The van der Waals surface area contributed by atoms with Crippen molar-refractivity contribution in [2.24, 2.45) is 5.92 Å². The highest BCUT2D eigenvalue weighted by Crippen LogP contribution is 2.29. The number of anilines is 2. The van der Waals surface area contributed by atoms with Gasteiger partial charge in [-0.25, -0.2) is 14.0 Å². The maximum Gasteiger partial charge on any atom is 0.323 e. The lowest BCUT2D eigenvalue weighted by molar-refractivity contribution is -0.134. The summed E-state index contributed by atoms with van der Waals surface area (Å²) in [5, 5.41) is 18.4. The van der Waals surface area contributed by atoms with E-state index in [1.54, 1.807) is 42.0 Å². The van der Waals surface area contributed by atoms with Crippen LogP contribution in [0.15, 0.2) is 42.5 Å². The Morgan fingerprint density at radius 1 is 1.10 bits per heavy atom. The van der Waals surface area contributed by atoms with Crippen LogP contribution in [0.1, 0.15) is 51.5 Å². The molecular weight excluding hydrogens is 541 g/mol. The van der Waals surface area contributed by atoms with Crippen LogP contribution in [-0.2, 0) is 11.2 Å². The van der Waals surface area contributed by atoms with Gasteiger partial charge < -0.3 is 35.6 Å². The molecule has 1 fully saturated rings. The number of likely N-dealkylation sites (N-methyl/N-ethyl adjacent to an activating group) is 1. The highest BCUT2D eigenvalue weighted by atomic mass is 19.1. The topological polar surface area (TPSA) is 123 Å². The minimum atomic E-state index is -0.524. The van der Waals surface area contributed by atoms with E-state index >= 15 is 0 Å². The van der Waals surface area contributed by atoms with E-state index in [0.717, 1.165) is 25.7 Å². The van der Waals surface area contributed by atoms with Gasteiger partial charge >= 0.3 is 12.1 Å². The number of carbonyl (C=O) groups is 3. The maximum atomic E-state index is 13.4. The van der Waals surface area contributed by atoms with Gasteiger partial charge in [0.2, 0.25) is 5.91 Å². The average Bonchev–Trinajstić information content (AvgIpc) is 3.01. The fourth-order valence-corrected chi connectivity index (χ4v) is 5.44. The van der Waals surface area contributed by atoms with Crippen molar-refractivity contribution in [3.8, 4) is 5.75 Å². The van der Waals surface area contributed by atoms with Gasteiger partial charge in [-0.15, -0.1) is 0 Å². The fourth-order valence-electron chi connectivity index (χ4n) is 5.44. The normalized spacial score (nSPS) is 20.2. The summed E-state index contributed by atoms with van der Waals surface area (Å²) in [6.07, 6.45) is 4.97. The van der Waals surface area contributed by atoms with Crippen LogP contribution in [0.2, 0.25) is 0 Å². The summed E-state index contributed by atoms with van der Waals surface area (Å²) in [4.78, 5) is 42.3. The Balaban J connectivity index is 1.53. The summed E-state index contributed by atoms with van der Waals surface area (Å²) in [6.45, 7) is 4.23. The molecule has 2 aromatic carbocycles. The molecule has 10 nitrogen and oxygen atoms in total. The molecule has 1 aliphatic heterocycles. The van der Waals surface area contributed by atoms with Crippen molar-refractivity contribution in [2.75, 3.05) is 37.4 Å². The van der Waals surface area contributed by atoms with Gasteiger partial charge in [-0.05, 0) is 62.2 Å². The number of hydrogen-bond acceptors (Lipinski definition) is 5. The van der Waals surface area contributed by atoms with E-state index < -0.39 is 24.0 Å². The number of halogens is 1. The van der Waals surface area contributed by atoms with Gasteiger partial charge in [0.25, 0.3) is 0 Å². The molecule has 5 amide bonds. The second kappa shape index (κ2) is 14.4. The SMILES string of the molecule is C[C@H]1CN([C@@H](C)CO)C(=O)Cc2cc(NC(=O)Nc3ccc(F)cc3)ccc2O[C@H]1CN(C)C(=O)NC1CCCCC1. The number of aliphatic hydroxyl groups is 1. The van der Waals surface area contributed by atoms with E-state index in [0.29, 0.717) is 35.8 Å². The van der Waals surface area contributed by atoms with Gasteiger partial charge in [-0.3, -0.25) is 4.79 Å². The summed E-state index contributed by atoms with van der Waals surface area (Å²) in [7, 11) is 1.74. The third kappa shape index (κ3) is 8.34. The van der Waals surface area contributed by atoms with E-state index in [2.05, 4.69) is 16.0 Å². The third-order valence-electron chi connectivity index (χ3n) is 8.01. The molecule has 0 unspecified atom stereocenters. The van der Waals surface area contributed by atoms with Crippen LogP contribution in [0.25, 0.3) is 0 Å².